The van der Waals surface area contributed by atoms with Gasteiger partial charge in [0.15, 0.2) is 0 Å². The fraction of sp³-hybridized carbons (Fsp3) is 0.857. The van der Waals surface area contributed by atoms with Crippen LogP contribution in [-0.2, 0) is 9.59 Å². The second kappa shape index (κ2) is 7.48. The Labute approximate surface area is 116 Å². The molecule has 2 amide bonds. The largest absolute Gasteiger partial charge is 0.332 e. The van der Waals surface area contributed by atoms with Crippen LogP contribution in [0.25, 0.3) is 0 Å². The third-order valence-corrected chi connectivity index (χ3v) is 3.26. The molecule has 1 unspecified atom stereocenters. The third kappa shape index (κ3) is 5.19. The first-order valence-electron chi connectivity index (χ1n) is 7.23. The lowest BCUT2D eigenvalue weighted by Crippen LogP contribution is -2.55. The average molecular weight is 269 g/mol. The summed E-state index contributed by atoms with van der Waals surface area (Å²) < 4.78 is 0. The van der Waals surface area contributed by atoms with Gasteiger partial charge in [0.1, 0.15) is 0 Å². The van der Waals surface area contributed by atoms with Gasteiger partial charge in [0.25, 0.3) is 0 Å². The van der Waals surface area contributed by atoms with Crippen molar-refractivity contribution in [2.75, 3.05) is 32.7 Å². The summed E-state index contributed by atoms with van der Waals surface area (Å²) >= 11 is 0. The summed E-state index contributed by atoms with van der Waals surface area (Å²) in [7, 11) is 0. The molecule has 1 aliphatic rings. The molecule has 1 aliphatic heterocycles. The van der Waals surface area contributed by atoms with Crippen molar-refractivity contribution in [3.8, 4) is 0 Å². The summed E-state index contributed by atoms with van der Waals surface area (Å²) in [4.78, 5) is 27.3. The van der Waals surface area contributed by atoms with E-state index in [4.69, 9.17) is 0 Å². The molecule has 19 heavy (non-hydrogen) atoms. The molecule has 1 rings (SSSR count). The first-order chi connectivity index (χ1) is 8.93. The van der Waals surface area contributed by atoms with Crippen LogP contribution >= 0.6 is 0 Å². The van der Waals surface area contributed by atoms with Crippen LogP contribution in [0, 0.1) is 5.92 Å². The molecule has 1 saturated heterocycles. The number of hydrogen-bond acceptors (Lipinski definition) is 3. The van der Waals surface area contributed by atoms with Crippen molar-refractivity contribution in [3.05, 3.63) is 0 Å². The van der Waals surface area contributed by atoms with Gasteiger partial charge in [-0.3, -0.25) is 9.59 Å². The van der Waals surface area contributed by atoms with Crippen LogP contribution in [0.3, 0.4) is 0 Å². The van der Waals surface area contributed by atoms with Crippen molar-refractivity contribution >= 4 is 11.8 Å². The summed E-state index contributed by atoms with van der Waals surface area (Å²) in [5.74, 6) is 0.506. The van der Waals surface area contributed by atoms with Crippen molar-refractivity contribution < 1.29 is 9.59 Å². The van der Waals surface area contributed by atoms with E-state index >= 15 is 0 Å². The predicted octanol–water partition coefficient (Wildman–Crippen LogP) is 0.701. The Morgan fingerprint density at radius 2 is 1.68 bits per heavy atom. The van der Waals surface area contributed by atoms with Crippen LogP contribution in [0.2, 0.25) is 0 Å². The zero-order valence-electron chi connectivity index (χ0n) is 12.6. The van der Waals surface area contributed by atoms with Crippen LogP contribution in [0.1, 0.15) is 34.1 Å². The maximum Gasteiger partial charge on any atom is 0.242 e. The van der Waals surface area contributed by atoms with E-state index in [1.807, 2.05) is 6.92 Å². The molecule has 0 radical (unpaired) electrons. The topological polar surface area (TPSA) is 52.7 Å². The summed E-state index contributed by atoms with van der Waals surface area (Å²) in [5.41, 5.74) is 0. The second-order valence-electron chi connectivity index (χ2n) is 5.76. The third-order valence-electron chi connectivity index (χ3n) is 3.26. The monoisotopic (exact) mass is 269 g/mol. The van der Waals surface area contributed by atoms with E-state index < -0.39 is 0 Å². The first-order valence-corrected chi connectivity index (χ1v) is 7.23. The number of rotatable bonds is 7. The van der Waals surface area contributed by atoms with Crippen LogP contribution in [0.15, 0.2) is 0 Å². The Hall–Kier alpha value is -1.10. The van der Waals surface area contributed by atoms with Crippen molar-refractivity contribution in [2.45, 2.75) is 40.2 Å². The molecule has 0 aromatic heterocycles. The standard InChI is InChI=1S/C14H27N3O2/c1-5-6-16-9-14(19)17(10-13(16)18)8-12(4)7-15-11(2)3/h11-12,15H,5-10H2,1-4H3. The number of carbonyl (C=O) groups excluding carboxylic acids is 2. The number of hydrogen-bond donors (Lipinski definition) is 1. The highest BCUT2D eigenvalue weighted by molar-refractivity contribution is 5.92. The maximum atomic E-state index is 12.0. The Balaban J connectivity index is 2.43. The van der Waals surface area contributed by atoms with Gasteiger partial charge >= 0.3 is 0 Å². The van der Waals surface area contributed by atoms with E-state index in [2.05, 4.69) is 26.1 Å². The Kier molecular flexibility index (Phi) is 6.28. The molecule has 5 heteroatoms. The summed E-state index contributed by atoms with van der Waals surface area (Å²) in [6, 6.07) is 0.446. The molecular weight excluding hydrogens is 242 g/mol. The summed E-state index contributed by atoms with van der Waals surface area (Å²) in [6.45, 7) is 11.0. The number of nitrogens with zero attached hydrogens (tertiary/aromatic N) is 2. The molecule has 110 valence electrons. The number of carbonyl (C=O) groups is 2. The molecule has 1 N–H and O–H groups in total. The van der Waals surface area contributed by atoms with E-state index in [0.717, 1.165) is 13.0 Å². The quantitative estimate of drug-likeness (QED) is 0.740. The molecule has 5 nitrogen and oxygen atoms in total. The predicted molar refractivity (Wildman–Crippen MR) is 75.8 cm³/mol. The van der Waals surface area contributed by atoms with Gasteiger partial charge in [-0.2, -0.15) is 0 Å². The molecule has 1 heterocycles. The van der Waals surface area contributed by atoms with Crippen molar-refractivity contribution in [3.63, 3.8) is 0 Å². The molecular formula is C14H27N3O2. The minimum absolute atomic E-state index is 0.0736. The van der Waals surface area contributed by atoms with Gasteiger partial charge in [-0.25, -0.2) is 0 Å². The van der Waals surface area contributed by atoms with Gasteiger partial charge in [0, 0.05) is 19.1 Å². The van der Waals surface area contributed by atoms with Gasteiger partial charge in [0.05, 0.1) is 13.1 Å². The number of piperazine rings is 1. The first kappa shape index (κ1) is 16.0. The number of nitrogens with one attached hydrogen (secondary N) is 1. The molecule has 0 spiro atoms. The van der Waals surface area contributed by atoms with E-state index in [1.54, 1.807) is 9.80 Å². The molecule has 1 fully saturated rings. The Morgan fingerprint density at radius 1 is 1.11 bits per heavy atom. The van der Waals surface area contributed by atoms with Gasteiger partial charge in [-0.15, -0.1) is 0 Å². The zero-order chi connectivity index (χ0) is 14.4. The maximum absolute atomic E-state index is 12.0. The molecule has 0 aromatic carbocycles. The van der Waals surface area contributed by atoms with Gasteiger partial charge in [0.2, 0.25) is 11.8 Å². The highest BCUT2D eigenvalue weighted by Gasteiger charge is 2.29. The van der Waals surface area contributed by atoms with Crippen LogP contribution in [0.4, 0.5) is 0 Å². The normalized spacial score (nSPS) is 18.4. The average Bonchev–Trinajstić information content (AvgIpc) is 2.33. The minimum atomic E-state index is 0.0736. The lowest BCUT2D eigenvalue weighted by molar-refractivity contribution is -0.150. The summed E-state index contributed by atoms with van der Waals surface area (Å²) in [6.07, 6.45) is 0.897. The van der Waals surface area contributed by atoms with Crippen LogP contribution in [0.5, 0.6) is 0 Å². The summed E-state index contributed by atoms with van der Waals surface area (Å²) in [5, 5.41) is 3.36. The second-order valence-corrected chi connectivity index (χ2v) is 5.76. The molecule has 0 aliphatic carbocycles. The lowest BCUT2D eigenvalue weighted by Gasteiger charge is -2.35. The lowest BCUT2D eigenvalue weighted by atomic mass is 10.1. The van der Waals surface area contributed by atoms with Crippen molar-refractivity contribution in [2.24, 2.45) is 5.92 Å². The van der Waals surface area contributed by atoms with Gasteiger partial charge < -0.3 is 15.1 Å². The highest BCUT2D eigenvalue weighted by atomic mass is 16.2. The van der Waals surface area contributed by atoms with Crippen molar-refractivity contribution in [1.82, 2.24) is 15.1 Å². The Morgan fingerprint density at radius 3 is 2.26 bits per heavy atom. The van der Waals surface area contributed by atoms with E-state index in [-0.39, 0.29) is 24.9 Å². The molecule has 1 atom stereocenters. The number of amides is 2. The van der Waals surface area contributed by atoms with Gasteiger partial charge in [-0.05, 0) is 18.9 Å². The van der Waals surface area contributed by atoms with E-state index in [0.29, 0.717) is 25.0 Å². The van der Waals surface area contributed by atoms with Crippen LogP contribution < -0.4 is 5.32 Å². The Bertz CT molecular complexity index is 318. The zero-order valence-corrected chi connectivity index (χ0v) is 12.6. The fourth-order valence-corrected chi connectivity index (χ4v) is 2.22. The smallest absolute Gasteiger partial charge is 0.242 e. The minimum Gasteiger partial charge on any atom is -0.332 e. The fourth-order valence-electron chi connectivity index (χ4n) is 2.22. The van der Waals surface area contributed by atoms with Crippen molar-refractivity contribution in [1.29, 1.82) is 0 Å². The molecule has 0 aromatic rings. The van der Waals surface area contributed by atoms with E-state index in [9.17, 15) is 9.59 Å². The van der Waals surface area contributed by atoms with Gasteiger partial charge in [-0.1, -0.05) is 27.7 Å². The van der Waals surface area contributed by atoms with Crippen LogP contribution in [-0.4, -0.2) is 60.4 Å². The molecule has 0 saturated carbocycles. The molecule has 0 bridgehead atoms. The highest BCUT2D eigenvalue weighted by Crippen LogP contribution is 2.08. The van der Waals surface area contributed by atoms with E-state index in [1.165, 1.54) is 0 Å². The SMILES string of the molecule is CCCN1CC(=O)N(CC(C)CNC(C)C)CC1=O.